The Balaban J connectivity index is 1.93. The summed E-state index contributed by atoms with van der Waals surface area (Å²) in [5.74, 6) is -0.294. The Morgan fingerprint density at radius 3 is 2.88 bits per heavy atom. The molecule has 1 heterocycles. The van der Waals surface area contributed by atoms with Crippen molar-refractivity contribution >= 4 is 29.3 Å². The third-order valence-electron chi connectivity index (χ3n) is 2.33. The molecule has 90 valence electrons. The van der Waals surface area contributed by atoms with E-state index in [1.807, 2.05) is 0 Å². The maximum atomic E-state index is 11.6. The fourth-order valence-corrected chi connectivity index (χ4v) is 1.68. The predicted octanol–water partition coefficient (Wildman–Crippen LogP) is 1.73. The summed E-state index contributed by atoms with van der Waals surface area (Å²) in [6, 6.07) is 6.92. The Labute approximate surface area is 103 Å². The Morgan fingerprint density at radius 1 is 1.47 bits per heavy atom. The summed E-state index contributed by atoms with van der Waals surface area (Å²) in [7, 11) is 0. The molecule has 1 N–H and O–H groups in total. The highest BCUT2D eigenvalue weighted by atomic mass is 35.5. The van der Waals surface area contributed by atoms with E-state index in [-0.39, 0.29) is 12.5 Å². The van der Waals surface area contributed by atoms with Crippen molar-refractivity contribution in [2.24, 2.45) is 0 Å². The molecule has 1 aromatic carbocycles. The van der Waals surface area contributed by atoms with Gasteiger partial charge in [0.05, 0.1) is 17.3 Å². The first-order chi connectivity index (χ1) is 8.16. The van der Waals surface area contributed by atoms with E-state index in [0.717, 1.165) is 0 Å². The highest BCUT2D eigenvalue weighted by Gasteiger charge is 2.24. The van der Waals surface area contributed by atoms with Gasteiger partial charge in [-0.3, -0.25) is 9.69 Å². The van der Waals surface area contributed by atoms with Gasteiger partial charge in [-0.05, 0) is 12.1 Å². The smallest absolute Gasteiger partial charge is 0.410 e. The van der Waals surface area contributed by atoms with E-state index in [9.17, 15) is 9.59 Å². The third kappa shape index (κ3) is 2.88. The molecule has 1 aliphatic heterocycles. The van der Waals surface area contributed by atoms with Crippen LogP contribution >= 0.6 is 11.6 Å². The summed E-state index contributed by atoms with van der Waals surface area (Å²) in [5, 5.41) is 3.10. The molecule has 0 radical (unpaired) electrons. The van der Waals surface area contributed by atoms with Gasteiger partial charge in [0.2, 0.25) is 5.91 Å². The Kier molecular flexibility index (Phi) is 3.49. The summed E-state index contributed by atoms with van der Waals surface area (Å²) >= 11 is 5.89. The number of cyclic esters (lactones) is 1. The largest absolute Gasteiger partial charge is 0.448 e. The Bertz CT molecular complexity index is 450. The van der Waals surface area contributed by atoms with Crippen LogP contribution in [0.5, 0.6) is 0 Å². The molecule has 2 rings (SSSR count). The molecule has 0 aromatic heterocycles. The van der Waals surface area contributed by atoms with Gasteiger partial charge in [0, 0.05) is 0 Å². The van der Waals surface area contributed by atoms with Gasteiger partial charge in [0.15, 0.2) is 0 Å². The second-order valence-electron chi connectivity index (χ2n) is 3.56. The van der Waals surface area contributed by atoms with E-state index in [4.69, 9.17) is 16.3 Å². The molecule has 0 unspecified atom stereocenters. The minimum absolute atomic E-state index is 0.0238. The molecule has 0 bridgehead atoms. The number of nitrogens with zero attached hydrogens (tertiary/aromatic N) is 1. The van der Waals surface area contributed by atoms with E-state index in [1.54, 1.807) is 24.3 Å². The molecule has 17 heavy (non-hydrogen) atoms. The number of hydrogen-bond acceptors (Lipinski definition) is 3. The van der Waals surface area contributed by atoms with Crippen molar-refractivity contribution in [3.8, 4) is 0 Å². The standard InChI is InChI=1S/C11H11ClN2O3/c12-8-3-1-2-4-9(8)13-10(15)7-14-5-6-17-11(14)16/h1-4H,5-7H2,(H,13,15). The molecule has 1 aliphatic rings. The van der Waals surface area contributed by atoms with Crippen molar-refractivity contribution < 1.29 is 14.3 Å². The van der Waals surface area contributed by atoms with Crippen LogP contribution in [-0.2, 0) is 9.53 Å². The zero-order valence-electron chi connectivity index (χ0n) is 8.98. The predicted molar refractivity (Wildman–Crippen MR) is 63.0 cm³/mol. The van der Waals surface area contributed by atoms with E-state index >= 15 is 0 Å². The molecular formula is C11H11ClN2O3. The number of hydrogen-bond donors (Lipinski definition) is 1. The summed E-state index contributed by atoms with van der Waals surface area (Å²) < 4.78 is 4.72. The number of benzene rings is 1. The zero-order chi connectivity index (χ0) is 12.3. The van der Waals surface area contributed by atoms with Crippen LogP contribution in [0.4, 0.5) is 10.5 Å². The van der Waals surface area contributed by atoms with Crippen molar-refractivity contribution in [3.63, 3.8) is 0 Å². The number of rotatable bonds is 3. The van der Waals surface area contributed by atoms with Crippen LogP contribution in [0.1, 0.15) is 0 Å². The summed E-state index contributed by atoms with van der Waals surface area (Å²) in [5.41, 5.74) is 0.534. The first kappa shape index (κ1) is 11.7. The van der Waals surface area contributed by atoms with Crippen LogP contribution in [0, 0.1) is 0 Å². The fraction of sp³-hybridized carbons (Fsp3) is 0.273. The first-order valence-corrected chi connectivity index (χ1v) is 5.50. The highest BCUT2D eigenvalue weighted by molar-refractivity contribution is 6.33. The van der Waals surface area contributed by atoms with Crippen LogP contribution < -0.4 is 5.32 Å². The lowest BCUT2D eigenvalue weighted by atomic mass is 10.3. The second-order valence-corrected chi connectivity index (χ2v) is 3.97. The van der Waals surface area contributed by atoms with Crippen LogP contribution in [0.25, 0.3) is 0 Å². The topological polar surface area (TPSA) is 58.6 Å². The fourth-order valence-electron chi connectivity index (χ4n) is 1.49. The number of carbonyl (C=O) groups excluding carboxylic acids is 2. The molecule has 0 spiro atoms. The molecule has 2 amide bonds. The summed E-state index contributed by atoms with van der Waals surface area (Å²) in [6.45, 7) is 0.747. The normalized spacial score (nSPS) is 14.6. The van der Waals surface area contributed by atoms with Gasteiger partial charge in [-0.15, -0.1) is 0 Å². The van der Waals surface area contributed by atoms with E-state index < -0.39 is 6.09 Å². The van der Waals surface area contributed by atoms with Gasteiger partial charge in [0.25, 0.3) is 0 Å². The number of halogens is 1. The molecule has 0 atom stereocenters. The maximum Gasteiger partial charge on any atom is 0.410 e. The maximum absolute atomic E-state index is 11.6. The lowest BCUT2D eigenvalue weighted by Gasteiger charge is -2.12. The molecule has 0 saturated carbocycles. The average Bonchev–Trinajstić information content (AvgIpc) is 2.68. The van der Waals surface area contributed by atoms with Gasteiger partial charge in [-0.1, -0.05) is 23.7 Å². The average molecular weight is 255 g/mol. The molecule has 1 fully saturated rings. The molecule has 1 saturated heterocycles. The van der Waals surface area contributed by atoms with Crippen LogP contribution in [0.15, 0.2) is 24.3 Å². The molecule has 6 heteroatoms. The van der Waals surface area contributed by atoms with Crippen molar-refractivity contribution in [3.05, 3.63) is 29.3 Å². The SMILES string of the molecule is O=C(CN1CCOC1=O)Nc1ccccc1Cl. The highest BCUT2D eigenvalue weighted by Crippen LogP contribution is 2.20. The van der Waals surface area contributed by atoms with E-state index in [2.05, 4.69) is 5.32 Å². The van der Waals surface area contributed by atoms with E-state index in [1.165, 1.54) is 4.90 Å². The van der Waals surface area contributed by atoms with Crippen LogP contribution in [0.3, 0.4) is 0 Å². The number of ether oxygens (including phenoxy) is 1. The zero-order valence-corrected chi connectivity index (χ0v) is 9.74. The first-order valence-electron chi connectivity index (χ1n) is 5.13. The second kappa shape index (κ2) is 5.05. The number of para-hydroxylation sites is 1. The van der Waals surface area contributed by atoms with Gasteiger partial charge >= 0.3 is 6.09 Å². The lowest BCUT2D eigenvalue weighted by molar-refractivity contribution is -0.116. The Morgan fingerprint density at radius 2 is 2.24 bits per heavy atom. The number of carbonyl (C=O) groups is 2. The lowest BCUT2D eigenvalue weighted by Crippen LogP contribution is -2.33. The van der Waals surface area contributed by atoms with Crippen LogP contribution in [-0.4, -0.2) is 36.6 Å². The van der Waals surface area contributed by atoms with Crippen LogP contribution in [0.2, 0.25) is 5.02 Å². The molecule has 1 aromatic rings. The van der Waals surface area contributed by atoms with Gasteiger partial charge in [-0.25, -0.2) is 4.79 Å². The van der Waals surface area contributed by atoms with Crippen molar-refractivity contribution in [2.75, 3.05) is 25.0 Å². The minimum Gasteiger partial charge on any atom is -0.448 e. The number of nitrogens with one attached hydrogen (secondary N) is 1. The van der Waals surface area contributed by atoms with Crippen molar-refractivity contribution in [2.45, 2.75) is 0 Å². The Hall–Kier alpha value is -1.75. The monoisotopic (exact) mass is 254 g/mol. The molecule has 0 aliphatic carbocycles. The van der Waals surface area contributed by atoms with Gasteiger partial charge < -0.3 is 10.1 Å². The number of amides is 2. The van der Waals surface area contributed by atoms with Gasteiger partial charge in [-0.2, -0.15) is 0 Å². The number of anilines is 1. The third-order valence-corrected chi connectivity index (χ3v) is 2.66. The van der Waals surface area contributed by atoms with Crippen molar-refractivity contribution in [1.29, 1.82) is 0 Å². The summed E-state index contributed by atoms with van der Waals surface area (Å²) in [6.07, 6.45) is -0.459. The molecule has 5 nitrogen and oxygen atoms in total. The van der Waals surface area contributed by atoms with Crippen molar-refractivity contribution in [1.82, 2.24) is 4.90 Å². The summed E-state index contributed by atoms with van der Waals surface area (Å²) in [4.78, 5) is 24.1. The van der Waals surface area contributed by atoms with E-state index in [0.29, 0.717) is 23.9 Å². The quantitative estimate of drug-likeness (QED) is 0.894. The minimum atomic E-state index is -0.459. The molecular weight excluding hydrogens is 244 g/mol. The van der Waals surface area contributed by atoms with Gasteiger partial charge in [0.1, 0.15) is 13.2 Å².